The number of carbonyl (C=O) groups excluding carboxylic acids is 1. The molecule has 23 heavy (non-hydrogen) atoms. The number of aliphatic imine (C=N–C) groups is 1. The highest BCUT2D eigenvalue weighted by Gasteiger charge is 2.24. The monoisotopic (exact) mass is 315 g/mol. The molecular weight excluding hydrogens is 304 g/mol. The Bertz CT molecular complexity index is 826. The standard InChI is InChI=1S/C17H11F2NO3/c1-22-13-6-3-10(4-7-13)16-20-15(17(21)23-16)8-11-2-5-12(18)9-14(11)19/h2-9H,1H3/b15-8-. The van der Waals surface area contributed by atoms with Gasteiger partial charge in [-0.25, -0.2) is 18.6 Å². The Balaban J connectivity index is 1.92. The summed E-state index contributed by atoms with van der Waals surface area (Å²) in [7, 11) is 1.54. The molecule has 2 aromatic rings. The minimum atomic E-state index is -0.779. The van der Waals surface area contributed by atoms with E-state index in [0.29, 0.717) is 11.3 Å². The fraction of sp³-hybridized carbons (Fsp3) is 0.0588. The summed E-state index contributed by atoms with van der Waals surface area (Å²) in [6, 6.07) is 9.84. The minimum Gasteiger partial charge on any atom is -0.497 e. The average Bonchev–Trinajstić information content (AvgIpc) is 2.91. The molecular formula is C17H11F2NO3. The van der Waals surface area contributed by atoms with Crippen LogP contribution in [0.1, 0.15) is 11.1 Å². The van der Waals surface area contributed by atoms with Gasteiger partial charge in [0.25, 0.3) is 0 Å². The topological polar surface area (TPSA) is 47.9 Å². The predicted octanol–water partition coefficient (Wildman–Crippen LogP) is 3.32. The van der Waals surface area contributed by atoms with Crippen LogP contribution in [0.2, 0.25) is 0 Å². The van der Waals surface area contributed by atoms with Crippen LogP contribution < -0.4 is 4.74 Å². The van der Waals surface area contributed by atoms with Crippen LogP contribution in [0, 0.1) is 11.6 Å². The summed E-state index contributed by atoms with van der Waals surface area (Å²) in [6.07, 6.45) is 1.22. The van der Waals surface area contributed by atoms with E-state index in [4.69, 9.17) is 9.47 Å². The summed E-state index contributed by atoms with van der Waals surface area (Å²) in [5.41, 5.74) is 0.585. The van der Waals surface area contributed by atoms with E-state index in [1.165, 1.54) is 12.1 Å². The molecule has 1 heterocycles. The summed E-state index contributed by atoms with van der Waals surface area (Å²) in [4.78, 5) is 15.9. The van der Waals surface area contributed by atoms with Crippen molar-refractivity contribution in [3.05, 3.63) is 70.9 Å². The molecule has 0 amide bonds. The molecule has 2 aromatic carbocycles. The van der Waals surface area contributed by atoms with Crippen LogP contribution >= 0.6 is 0 Å². The van der Waals surface area contributed by atoms with Crippen LogP contribution in [-0.2, 0) is 9.53 Å². The second kappa shape index (κ2) is 6.00. The SMILES string of the molecule is COc1ccc(C2=N/C(=C\c3ccc(F)cc3F)C(=O)O2)cc1. The molecule has 6 heteroatoms. The predicted molar refractivity (Wildman–Crippen MR) is 80.0 cm³/mol. The van der Waals surface area contributed by atoms with E-state index >= 15 is 0 Å². The molecule has 0 bridgehead atoms. The number of hydrogen-bond donors (Lipinski definition) is 0. The molecule has 0 spiro atoms. The fourth-order valence-corrected chi connectivity index (χ4v) is 2.03. The third-order valence-corrected chi connectivity index (χ3v) is 3.21. The lowest BCUT2D eigenvalue weighted by atomic mass is 10.2. The molecule has 0 unspecified atom stereocenters. The van der Waals surface area contributed by atoms with E-state index in [1.54, 1.807) is 31.4 Å². The van der Waals surface area contributed by atoms with Crippen molar-refractivity contribution in [3.8, 4) is 5.75 Å². The van der Waals surface area contributed by atoms with Crippen LogP contribution in [0.25, 0.3) is 6.08 Å². The zero-order valence-electron chi connectivity index (χ0n) is 12.0. The zero-order chi connectivity index (χ0) is 16.4. The third-order valence-electron chi connectivity index (χ3n) is 3.21. The number of hydrogen-bond acceptors (Lipinski definition) is 4. The smallest absolute Gasteiger partial charge is 0.363 e. The van der Waals surface area contributed by atoms with Gasteiger partial charge < -0.3 is 9.47 Å². The van der Waals surface area contributed by atoms with Crippen molar-refractivity contribution in [1.29, 1.82) is 0 Å². The Morgan fingerprint density at radius 1 is 1.13 bits per heavy atom. The number of carbonyl (C=O) groups is 1. The van der Waals surface area contributed by atoms with Gasteiger partial charge >= 0.3 is 5.97 Å². The van der Waals surface area contributed by atoms with Crippen molar-refractivity contribution in [3.63, 3.8) is 0 Å². The Morgan fingerprint density at radius 2 is 1.87 bits per heavy atom. The molecule has 0 aromatic heterocycles. The molecule has 4 nitrogen and oxygen atoms in total. The maximum Gasteiger partial charge on any atom is 0.363 e. The van der Waals surface area contributed by atoms with E-state index in [9.17, 15) is 13.6 Å². The van der Waals surface area contributed by atoms with Gasteiger partial charge in [0, 0.05) is 17.2 Å². The summed E-state index contributed by atoms with van der Waals surface area (Å²) < 4.78 is 36.6. The van der Waals surface area contributed by atoms with Crippen LogP contribution in [0.5, 0.6) is 5.75 Å². The van der Waals surface area contributed by atoms with Crippen molar-refractivity contribution >= 4 is 17.9 Å². The molecule has 0 atom stereocenters. The van der Waals surface area contributed by atoms with Gasteiger partial charge in [0.1, 0.15) is 17.4 Å². The number of methoxy groups -OCH3 is 1. The van der Waals surface area contributed by atoms with E-state index in [2.05, 4.69) is 4.99 Å². The molecule has 0 saturated heterocycles. The van der Waals surface area contributed by atoms with E-state index < -0.39 is 17.6 Å². The second-order valence-corrected chi connectivity index (χ2v) is 4.73. The second-order valence-electron chi connectivity index (χ2n) is 4.73. The van der Waals surface area contributed by atoms with Crippen molar-refractivity contribution in [1.82, 2.24) is 0 Å². The van der Waals surface area contributed by atoms with Gasteiger partial charge in [0.05, 0.1) is 7.11 Å². The number of ether oxygens (including phenoxy) is 2. The maximum atomic E-state index is 13.6. The summed E-state index contributed by atoms with van der Waals surface area (Å²) >= 11 is 0. The quantitative estimate of drug-likeness (QED) is 0.645. The Kier molecular flexibility index (Phi) is 3.89. The van der Waals surface area contributed by atoms with Crippen molar-refractivity contribution in [2.75, 3.05) is 7.11 Å². The van der Waals surface area contributed by atoms with Gasteiger partial charge in [-0.1, -0.05) is 0 Å². The molecule has 116 valence electrons. The van der Waals surface area contributed by atoms with Gasteiger partial charge in [-0.2, -0.15) is 0 Å². The Hall–Kier alpha value is -3.02. The van der Waals surface area contributed by atoms with Gasteiger partial charge in [0.15, 0.2) is 5.70 Å². The number of esters is 1. The number of cyclic esters (lactones) is 1. The van der Waals surface area contributed by atoms with E-state index in [0.717, 1.165) is 12.1 Å². The maximum absolute atomic E-state index is 13.6. The largest absolute Gasteiger partial charge is 0.497 e. The van der Waals surface area contributed by atoms with Gasteiger partial charge in [-0.3, -0.25) is 0 Å². The lowest BCUT2D eigenvalue weighted by molar-refractivity contribution is -0.129. The normalized spacial score (nSPS) is 15.5. The van der Waals surface area contributed by atoms with Gasteiger partial charge in [0.2, 0.25) is 5.90 Å². The molecule has 1 aliphatic rings. The lowest BCUT2D eigenvalue weighted by Crippen LogP contribution is -2.05. The molecule has 0 fully saturated rings. The first-order valence-electron chi connectivity index (χ1n) is 6.69. The molecule has 3 rings (SSSR count). The average molecular weight is 315 g/mol. The van der Waals surface area contributed by atoms with Crippen LogP contribution in [0.15, 0.2) is 53.2 Å². The lowest BCUT2D eigenvalue weighted by Gasteiger charge is -2.01. The summed E-state index contributed by atoms with van der Waals surface area (Å²) in [6.45, 7) is 0. The highest BCUT2D eigenvalue weighted by atomic mass is 19.1. The Morgan fingerprint density at radius 3 is 2.52 bits per heavy atom. The van der Waals surface area contributed by atoms with Crippen LogP contribution in [0.3, 0.4) is 0 Å². The van der Waals surface area contributed by atoms with Crippen molar-refractivity contribution in [2.45, 2.75) is 0 Å². The molecule has 0 saturated carbocycles. The van der Waals surface area contributed by atoms with Crippen molar-refractivity contribution < 1.29 is 23.0 Å². The first-order valence-corrected chi connectivity index (χ1v) is 6.69. The summed E-state index contributed by atoms with van der Waals surface area (Å²) in [5, 5.41) is 0. The fourth-order valence-electron chi connectivity index (χ4n) is 2.03. The molecule has 0 radical (unpaired) electrons. The Labute approximate surface area is 130 Å². The highest BCUT2D eigenvalue weighted by Crippen LogP contribution is 2.22. The first-order chi connectivity index (χ1) is 11.1. The number of halogens is 2. The first kappa shape index (κ1) is 14.9. The van der Waals surface area contributed by atoms with Gasteiger partial charge in [-0.15, -0.1) is 0 Å². The van der Waals surface area contributed by atoms with Gasteiger partial charge in [-0.05, 0) is 42.5 Å². The molecule has 0 aliphatic carbocycles. The summed E-state index contributed by atoms with van der Waals surface area (Å²) in [5.74, 6) is -1.40. The molecule has 1 aliphatic heterocycles. The third kappa shape index (κ3) is 3.11. The van der Waals surface area contributed by atoms with Crippen LogP contribution in [-0.4, -0.2) is 19.0 Å². The van der Waals surface area contributed by atoms with Crippen molar-refractivity contribution in [2.24, 2.45) is 4.99 Å². The van der Waals surface area contributed by atoms with Crippen LogP contribution in [0.4, 0.5) is 8.78 Å². The minimum absolute atomic E-state index is 0.0538. The highest BCUT2D eigenvalue weighted by molar-refractivity contribution is 6.12. The number of nitrogens with zero attached hydrogens (tertiary/aromatic N) is 1. The van der Waals surface area contributed by atoms with E-state index in [-0.39, 0.29) is 17.2 Å². The van der Waals surface area contributed by atoms with E-state index in [1.807, 2.05) is 0 Å². The number of benzene rings is 2. The number of rotatable bonds is 3. The molecule has 0 N–H and O–H groups in total. The zero-order valence-corrected chi connectivity index (χ0v) is 12.0.